The van der Waals surface area contributed by atoms with Gasteiger partial charge in [-0.15, -0.1) is 0 Å². The molecule has 1 aromatic heterocycles. The van der Waals surface area contributed by atoms with E-state index in [1.54, 1.807) is 19.4 Å². The monoisotopic (exact) mass is 238 g/mol. The number of likely N-dealkylation sites (N-methyl/N-ethyl adjacent to an activating group) is 1. The summed E-state index contributed by atoms with van der Waals surface area (Å²) in [5, 5.41) is 11.5. The molecule has 0 aromatic carbocycles. The van der Waals surface area contributed by atoms with E-state index in [1.807, 2.05) is 24.9 Å². The van der Waals surface area contributed by atoms with Gasteiger partial charge in [-0.25, -0.2) is 0 Å². The lowest BCUT2D eigenvalue weighted by atomic mass is 10.2. The van der Waals surface area contributed by atoms with Gasteiger partial charge in [-0.3, -0.25) is 4.98 Å². The van der Waals surface area contributed by atoms with Crippen LogP contribution in [0.3, 0.4) is 0 Å². The predicted molar refractivity (Wildman–Crippen MR) is 66.5 cm³/mol. The Morgan fingerprint density at radius 1 is 1.71 bits per heavy atom. The number of nitrogens with two attached hydrogens (primary N) is 1. The SMILES string of the molecule is COCC(C)N(C)c1ccnc(C(N)=NO)c1. The fraction of sp³-hybridized carbons (Fsp3) is 0.455. The summed E-state index contributed by atoms with van der Waals surface area (Å²) in [5.74, 6) is -0.000329. The third-order valence-corrected chi connectivity index (χ3v) is 2.59. The first kappa shape index (κ1) is 13.2. The fourth-order valence-electron chi connectivity index (χ4n) is 1.44. The zero-order valence-electron chi connectivity index (χ0n) is 10.3. The Kier molecular flexibility index (Phi) is 4.71. The highest BCUT2D eigenvalue weighted by Crippen LogP contribution is 2.15. The van der Waals surface area contributed by atoms with Crippen LogP contribution in [0.1, 0.15) is 12.6 Å². The Hall–Kier alpha value is -1.82. The van der Waals surface area contributed by atoms with Gasteiger partial charge in [0.05, 0.1) is 6.61 Å². The van der Waals surface area contributed by atoms with Crippen LogP contribution in [0.2, 0.25) is 0 Å². The highest BCUT2D eigenvalue weighted by Gasteiger charge is 2.11. The van der Waals surface area contributed by atoms with Crippen LogP contribution in [0.5, 0.6) is 0 Å². The maximum Gasteiger partial charge on any atom is 0.188 e. The minimum absolute atomic E-state index is 0.000329. The topological polar surface area (TPSA) is 84.0 Å². The normalized spacial score (nSPS) is 13.5. The zero-order chi connectivity index (χ0) is 12.8. The van der Waals surface area contributed by atoms with E-state index in [9.17, 15) is 0 Å². The fourth-order valence-corrected chi connectivity index (χ4v) is 1.44. The van der Waals surface area contributed by atoms with Crippen LogP contribution >= 0.6 is 0 Å². The Morgan fingerprint density at radius 2 is 2.41 bits per heavy atom. The number of oxime groups is 1. The van der Waals surface area contributed by atoms with Gasteiger partial charge in [0.2, 0.25) is 0 Å². The van der Waals surface area contributed by atoms with E-state index in [1.165, 1.54) is 0 Å². The first-order valence-electron chi connectivity index (χ1n) is 5.25. The number of amidine groups is 1. The average Bonchev–Trinajstić information content (AvgIpc) is 2.37. The first-order valence-corrected chi connectivity index (χ1v) is 5.25. The molecular formula is C11H18N4O2. The van der Waals surface area contributed by atoms with Crippen molar-refractivity contribution in [3.8, 4) is 0 Å². The number of ether oxygens (including phenoxy) is 1. The second-order valence-corrected chi connectivity index (χ2v) is 3.80. The largest absolute Gasteiger partial charge is 0.409 e. The third kappa shape index (κ3) is 3.32. The van der Waals surface area contributed by atoms with Crippen molar-refractivity contribution in [2.75, 3.05) is 25.7 Å². The zero-order valence-corrected chi connectivity index (χ0v) is 10.3. The molecule has 0 fully saturated rings. The van der Waals surface area contributed by atoms with Gasteiger partial charge in [0.25, 0.3) is 0 Å². The van der Waals surface area contributed by atoms with Crippen LogP contribution < -0.4 is 10.6 Å². The quantitative estimate of drug-likeness (QED) is 0.340. The molecule has 6 nitrogen and oxygen atoms in total. The van der Waals surface area contributed by atoms with Gasteiger partial charge < -0.3 is 20.6 Å². The summed E-state index contributed by atoms with van der Waals surface area (Å²) < 4.78 is 5.10. The predicted octanol–water partition coefficient (Wildman–Crippen LogP) is 0.647. The van der Waals surface area contributed by atoms with Crippen LogP contribution in [0.4, 0.5) is 5.69 Å². The number of hydrogen-bond donors (Lipinski definition) is 2. The molecule has 1 aromatic rings. The number of pyridine rings is 1. The minimum Gasteiger partial charge on any atom is -0.409 e. The van der Waals surface area contributed by atoms with E-state index >= 15 is 0 Å². The van der Waals surface area contributed by atoms with Crippen molar-refractivity contribution < 1.29 is 9.94 Å². The number of nitrogens with zero attached hydrogens (tertiary/aromatic N) is 3. The average molecular weight is 238 g/mol. The smallest absolute Gasteiger partial charge is 0.188 e. The summed E-state index contributed by atoms with van der Waals surface area (Å²) in [4.78, 5) is 6.07. The molecule has 1 unspecified atom stereocenters. The van der Waals surface area contributed by atoms with Gasteiger partial charge in [0.1, 0.15) is 5.69 Å². The summed E-state index contributed by atoms with van der Waals surface area (Å²) in [5.41, 5.74) is 6.87. The molecule has 17 heavy (non-hydrogen) atoms. The summed E-state index contributed by atoms with van der Waals surface area (Å²) >= 11 is 0. The Bertz CT molecular complexity index is 395. The van der Waals surface area contributed by atoms with Crippen molar-refractivity contribution in [3.63, 3.8) is 0 Å². The van der Waals surface area contributed by atoms with Crippen molar-refractivity contribution in [2.24, 2.45) is 10.9 Å². The standard InChI is InChI=1S/C11H18N4O2/c1-8(7-17-3)15(2)9-4-5-13-10(6-9)11(12)14-16/h4-6,8,16H,7H2,1-3H3,(H2,12,14). The molecule has 0 bridgehead atoms. The maximum absolute atomic E-state index is 8.60. The molecule has 1 heterocycles. The lowest BCUT2D eigenvalue weighted by molar-refractivity contribution is 0.183. The van der Waals surface area contributed by atoms with Gasteiger partial charge >= 0.3 is 0 Å². The summed E-state index contributed by atoms with van der Waals surface area (Å²) in [6.45, 7) is 2.67. The number of methoxy groups -OCH3 is 1. The molecule has 0 aliphatic carbocycles. The second-order valence-electron chi connectivity index (χ2n) is 3.80. The molecule has 6 heteroatoms. The first-order chi connectivity index (χ1) is 8.10. The van der Waals surface area contributed by atoms with E-state index < -0.39 is 0 Å². The van der Waals surface area contributed by atoms with Crippen LogP contribution in [-0.2, 0) is 4.74 Å². The molecule has 0 radical (unpaired) electrons. The lowest BCUT2D eigenvalue weighted by Gasteiger charge is -2.26. The molecule has 0 aliphatic heterocycles. The van der Waals surface area contributed by atoms with Crippen LogP contribution in [0.15, 0.2) is 23.5 Å². The van der Waals surface area contributed by atoms with Crippen LogP contribution in [-0.4, -0.2) is 42.8 Å². The highest BCUT2D eigenvalue weighted by atomic mass is 16.5. The molecule has 94 valence electrons. The molecule has 0 aliphatic rings. The maximum atomic E-state index is 8.60. The van der Waals surface area contributed by atoms with E-state index in [2.05, 4.69) is 10.1 Å². The molecule has 1 rings (SSSR count). The number of aromatic nitrogens is 1. The van der Waals surface area contributed by atoms with E-state index in [0.717, 1.165) is 5.69 Å². The van der Waals surface area contributed by atoms with E-state index in [0.29, 0.717) is 12.3 Å². The van der Waals surface area contributed by atoms with Crippen molar-refractivity contribution >= 4 is 11.5 Å². The van der Waals surface area contributed by atoms with Crippen molar-refractivity contribution in [1.82, 2.24) is 4.98 Å². The van der Waals surface area contributed by atoms with Crippen LogP contribution in [0, 0.1) is 0 Å². The third-order valence-electron chi connectivity index (χ3n) is 2.59. The van der Waals surface area contributed by atoms with Crippen molar-refractivity contribution in [2.45, 2.75) is 13.0 Å². The summed E-state index contributed by atoms with van der Waals surface area (Å²) in [7, 11) is 3.62. The van der Waals surface area contributed by atoms with Crippen molar-refractivity contribution in [3.05, 3.63) is 24.0 Å². The van der Waals surface area contributed by atoms with Gasteiger partial charge in [0.15, 0.2) is 5.84 Å². The molecule has 0 amide bonds. The minimum atomic E-state index is -0.000329. The van der Waals surface area contributed by atoms with Crippen molar-refractivity contribution in [1.29, 1.82) is 0 Å². The highest BCUT2D eigenvalue weighted by molar-refractivity contribution is 5.95. The summed E-state index contributed by atoms with van der Waals surface area (Å²) in [6, 6.07) is 3.85. The van der Waals surface area contributed by atoms with Gasteiger partial charge in [0, 0.05) is 32.1 Å². The second kappa shape index (κ2) is 6.05. The Labute approximate surface area is 101 Å². The molecule has 0 saturated carbocycles. The molecule has 1 atom stereocenters. The van der Waals surface area contributed by atoms with Gasteiger partial charge in [-0.2, -0.15) is 0 Å². The Morgan fingerprint density at radius 3 is 3.00 bits per heavy atom. The lowest BCUT2D eigenvalue weighted by Crippen LogP contribution is -2.32. The van der Waals surface area contributed by atoms with E-state index in [4.69, 9.17) is 15.7 Å². The number of rotatable bonds is 5. The summed E-state index contributed by atoms with van der Waals surface area (Å²) in [6.07, 6.45) is 1.62. The van der Waals surface area contributed by atoms with Crippen LogP contribution in [0.25, 0.3) is 0 Å². The number of hydrogen-bond acceptors (Lipinski definition) is 5. The molecule has 3 N–H and O–H groups in total. The van der Waals surface area contributed by atoms with Gasteiger partial charge in [-0.1, -0.05) is 5.16 Å². The molecular weight excluding hydrogens is 220 g/mol. The Balaban J connectivity index is 2.91. The molecule has 0 spiro atoms. The van der Waals surface area contributed by atoms with Gasteiger partial charge in [-0.05, 0) is 19.1 Å². The van der Waals surface area contributed by atoms with E-state index in [-0.39, 0.29) is 11.9 Å². The number of anilines is 1. The molecule has 0 saturated heterocycles.